The van der Waals surface area contributed by atoms with Gasteiger partial charge < -0.3 is 0 Å². The second-order valence-corrected chi connectivity index (χ2v) is 3.18. The second-order valence-electron chi connectivity index (χ2n) is 1.58. The van der Waals surface area contributed by atoms with Gasteiger partial charge in [0.1, 0.15) is 0 Å². The van der Waals surface area contributed by atoms with Gasteiger partial charge in [-0.2, -0.15) is 16.6 Å². The van der Waals surface area contributed by atoms with Crippen LogP contribution in [0, 0.1) is 11.3 Å². The van der Waals surface area contributed by atoms with Crippen molar-refractivity contribution >= 4 is 27.3 Å². The highest BCUT2D eigenvalue weighted by molar-refractivity contribution is 9.10. The van der Waals surface area contributed by atoms with Crippen LogP contribution in [0.25, 0.3) is 0 Å². The summed E-state index contributed by atoms with van der Waals surface area (Å²) in [5.74, 6) is 0. The summed E-state index contributed by atoms with van der Waals surface area (Å²) in [5, 5.41) is 12.3. The summed E-state index contributed by atoms with van der Waals surface area (Å²) in [6.45, 7) is 0. The first-order chi connectivity index (χ1) is 4.34. The zero-order chi connectivity index (χ0) is 6.69. The Morgan fingerprint density at radius 2 is 2.44 bits per heavy atom. The molecular weight excluding hydrogens is 198 g/mol. The molecule has 0 aliphatic rings. The first-order valence-corrected chi connectivity index (χ1v) is 4.15. The number of nitriles is 1. The minimum atomic E-state index is 0.504. The van der Waals surface area contributed by atoms with Crippen LogP contribution < -0.4 is 0 Å². The summed E-state index contributed by atoms with van der Waals surface area (Å²) in [5.41, 5.74) is 1.09. The van der Waals surface area contributed by atoms with Crippen molar-refractivity contribution in [2.45, 2.75) is 6.42 Å². The van der Waals surface area contributed by atoms with E-state index in [0.29, 0.717) is 6.42 Å². The molecule has 0 saturated carbocycles. The molecule has 0 saturated heterocycles. The summed E-state index contributed by atoms with van der Waals surface area (Å²) < 4.78 is 1.05. The third-order valence-electron chi connectivity index (χ3n) is 0.958. The van der Waals surface area contributed by atoms with Gasteiger partial charge in [-0.05, 0) is 26.9 Å². The Balaban J connectivity index is 2.84. The zero-order valence-electron chi connectivity index (χ0n) is 4.60. The molecule has 1 aromatic rings. The largest absolute Gasteiger partial charge is 0.198 e. The molecule has 3 heteroatoms. The number of hydrogen-bond acceptors (Lipinski definition) is 2. The Morgan fingerprint density at radius 1 is 1.67 bits per heavy atom. The minimum Gasteiger partial charge on any atom is -0.198 e. The number of thiophene rings is 1. The van der Waals surface area contributed by atoms with E-state index in [0.717, 1.165) is 10.0 Å². The Hall–Kier alpha value is -0.330. The molecule has 9 heavy (non-hydrogen) atoms. The third-order valence-corrected chi connectivity index (χ3v) is 2.79. The molecule has 0 aliphatic carbocycles. The smallest absolute Gasteiger partial charge is 0.0670 e. The van der Waals surface area contributed by atoms with Crippen LogP contribution in [-0.4, -0.2) is 0 Å². The van der Waals surface area contributed by atoms with Gasteiger partial charge in [-0.3, -0.25) is 0 Å². The first kappa shape index (κ1) is 6.79. The van der Waals surface area contributed by atoms with Crippen LogP contribution in [0.15, 0.2) is 15.2 Å². The lowest BCUT2D eigenvalue weighted by Gasteiger charge is -1.84. The van der Waals surface area contributed by atoms with Gasteiger partial charge in [-0.15, -0.1) is 0 Å². The number of hydrogen-bond donors (Lipinski definition) is 0. The van der Waals surface area contributed by atoms with Crippen molar-refractivity contribution in [1.82, 2.24) is 0 Å². The van der Waals surface area contributed by atoms with E-state index in [9.17, 15) is 0 Å². The lowest BCUT2D eigenvalue weighted by molar-refractivity contribution is 1.27. The molecule has 0 amide bonds. The van der Waals surface area contributed by atoms with Crippen molar-refractivity contribution in [3.63, 3.8) is 0 Å². The van der Waals surface area contributed by atoms with Gasteiger partial charge >= 0.3 is 0 Å². The molecular formula is C6H4BrNS. The molecule has 0 atom stereocenters. The van der Waals surface area contributed by atoms with Crippen LogP contribution in [0.2, 0.25) is 0 Å². The van der Waals surface area contributed by atoms with Crippen LogP contribution in [0.5, 0.6) is 0 Å². The number of rotatable bonds is 1. The molecule has 0 aromatic carbocycles. The van der Waals surface area contributed by atoms with Gasteiger partial charge in [0.25, 0.3) is 0 Å². The van der Waals surface area contributed by atoms with Gasteiger partial charge in [0.05, 0.1) is 12.5 Å². The lowest BCUT2D eigenvalue weighted by Crippen LogP contribution is -1.74. The van der Waals surface area contributed by atoms with Crippen LogP contribution in [-0.2, 0) is 6.42 Å². The summed E-state index contributed by atoms with van der Waals surface area (Å²) >= 11 is 4.93. The molecule has 0 aliphatic heterocycles. The van der Waals surface area contributed by atoms with Crippen molar-refractivity contribution in [2.24, 2.45) is 0 Å². The summed E-state index contributed by atoms with van der Waals surface area (Å²) in [6.07, 6.45) is 0.504. The summed E-state index contributed by atoms with van der Waals surface area (Å²) in [4.78, 5) is 0. The Morgan fingerprint density at radius 3 is 2.89 bits per heavy atom. The molecule has 1 nitrogen and oxygen atoms in total. The molecule has 0 radical (unpaired) electrons. The Labute approximate surface area is 66.1 Å². The van der Waals surface area contributed by atoms with E-state index < -0.39 is 0 Å². The van der Waals surface area contributed by atoms with Crippen molar-refractivity contribution < 1.29 is 0 Å². The average molecular weight is 202 g/mol. The highest BCUT2D eigenvalue weighted by Crippen LogP contribution is 2.20. The third kappa shape index (κ3) is 1.54. The van der Waals surface area contributed by atoms with E-state index in [4.69, 9.17) is 5.26 Å². The van der Waals surface area contributed by atoms with Gasteiger partial charge in [0, 0.05) is 9.85 Å². The first-order valence-electron chi connectivity index (χ1n) is 2.42. The molecule has 1 heterocycles. The van der Waals surface area contributed by atoms with Crippen LogP contribution in [0.4, 0.5) is 0 Å². The second kappa shape index (κ2) is 3.00. The van der Waals surface area contributed by atoms with Crippen molar-refractivity contribution in [3.8, 4) is 6.07 Å². The maximum atomic E-state index is 8.30. The molecule has 0 bridgehead atoms. The zero-order valence-corrected chi connectivity index (χ0v) is 7.00. The maximum absolute atomic E-state index is 8.30. The number of nitrogens with zero attached hydrogens (tertiary/aromatic N) is 1. The SMILES string of the molecule is N#CCc1cscc1Br. The molecule has 46 valence electrons. The standard InChI is InChI=1S/C6H4BrNS/c7-6-4-9-3-5(6)1-2-8/h3-4H,1H2. The predicted octanol–water partition coefficient (Wildman–Crippen LogP) is 2.58. The van der Waals surface area contributed by atoms with E-state index in [1.807, 2.05) is 10.8 Å². The van der Waals surface area contributed by atoms with E-state index in [1.54, 1.807) is 11.3 Å². The monoisotopic (exact) mass is 201 g/mol. The molecule has 0 N–H and O–H groups in total. The van der Waals surface area contributed by atoms with Crippen LogP contribution >= 0.6 is 27.3 Å². The highest BCUT2D eigenvalue weighted by Gasteiger charge is 1.97. The summed E-state index contributed by atoms with van der Waals surface area (Å²) in [7, 11) is 0. The van der Waals surface area contributed by atoms with Crippen molar-refractivity contribution in [3.05, 3.63) is 20.8 Å². The van der Waals surface area contributed by atoms with Gasteiger partial charge in [-0.25, -0.2) is 0 Å². The van der Waals surface area contributed by atoms with Gasteiger partial charge in [0.2, 0.25) is 0 Å². The number of halogens is 1. The predicted molar refractivity (Wildman–Crippen MR) is 41.3 cm³/mol. The molecule has 1 aromatic heterocycles. The fourth-order valence-electron chi connectivity index (χ4n) is 0.519. The van der Waals surface area contributed by atoms with Crippen molar-refractivity contribution in [1.29, 1.82) is 5.26 Å². The quantitative estimate of drug-likeness (QED) is 0.686. The normalized spacial score (nSPS) is 8.89. The fourth-order valence-corrected chi connectivity index (χ4v) is 1.96. The minimum absolute atomic E-state index is 0.504. The lowest BCUT2D eigenvalue weighted by atomic mass is 10.3. The summed E-state index contributed by atoms with van der Waals surface area (Å²) in [6, 6.07) is 2.09. The van der Waals surface area contributed by atoms with E-state index in [1.165, 1.54) is 0 Å². The maximum Gasteiger partial charge on any atom is 0.0670 e. The van der Waals surface area contributed by atoms with E-state index >= 15 is 0 Å². The van der Waals surface area contributed by atoms with Crippen molar-refractivity contribution in [2.75, 3.05) is 0 Å². The molecule has 0 unspecified atom stereocenters. The van der Waals surface area contributed by atoms with Crippen LogP contribution in [0.3, 0.4) is 0 Å². The van der Waals surface area contributed by atoms with E-state index in [2.05, 4.69) is 22.0 Å². The van der Waals surface area contributed by atoms with E-state index in [-0.39, 0.29) is 0 Å². The Kier molecular flexibility index (Phi) is 2.26. The van der Waals surface area contributed by atoms with Crippen LogP contribution in [0.1, 0.15) is 5.56 Å². The molecule has 0 fully saturated rings. The van der Waals surface area contributed by atoms with Gasteiger partial charge in [-0.1, -0.05) is 0 Å². The molecule has 1 rings (SSSR count). The Bertz CT molecular complexity index is 235. The fraction of sp³-hybridized carbons (Fsp3) is 0.167. The topological polar surface area (TPSA) is 23.8 Å². The highest BCUT2D eigenvalue weighted by atomic mass is 79.9. The molecule has 0 spiro atoms. The average Bonchev–Trinajstić information content (AvgIpc) is 2.18. The van der Waals surface area contributed by atoms with Gasteiger partial charge in [0.15, 0.2) is 0 Å².